The summed E-state index contributed by atoms with van der Waals surface area (Å²) < 4.78 is 0. The summed E-state index contributed by atoms with van der Waals surface area (Å²) in [6.45, 7) is 4.52. The van der Waals surface area contributed by atoms with Crippen molar-refractivity contribution < 1.29 is 5.11 Å². The fraction of sp³-hybridized carbons (Fsp3) is 0.727. The molecule has 0 saturated heterocycles. The summed E-state index contributed by atoms with van der Waals surface area (Å²) in [6, 6.07) is 6.07. The van der Waals surface area contributed by atoms with E-state index in [0.717, 1.165) is 12.8 Å². The van der Waals surface area contributed by atoms with Gasteiger partial charge in [-0.3, -0.25) is 0 Å². The number of hydrogen-bond donors (Lipinski definition) is 1. The van der Waals surface area contributed by atoms with Gasteiger partial charge in [0.1, 0.15) is 5.75 Å². The maximum absolute atomic E-state index is 10.2. The summed E-state index contributed by atoms with van der Waals surface area (Å²) in [5, 5.41) is 10.2. The monoisotopic (exact) mass is 318 g/mol. The van der Waals surface area contributed by atoms with Crippen LogP contribution in [-0.4, -0.2) is 5.11 Å². The molecule has 0 atom stereocenters. The molecule has 0 heterocycles. The summed E-state index contributed by atoms with van der Waals surface area (Å²) in [4.78, 5) is 0. The molecule has 0 aromatic heterocycles. The molecule has 0 spiro atoms. The highest BCUT2D eigenvalue weighted by Gasteiger charge is 2.07. The fourth-order valence-electron chi connectivity index (χ4n) is 3.32. The highest BCUT2D eigenvalue weighted by atomic mass is 16.3. The summed E-state index contributed by atoms with van der Waals surface area (Å²) in [5.41, 5.74) is 2.60. The molecular weight excluding hydrogens is 280 g/mol. The molecule has 0 bridgehead atoms. The van der Waals surface area contributed by atoms with Crippen LogP contribution in [0.5, 0.6) is 5.75 Å². The number of rotatable bonds is 14. The maximum atomic E-state index is 10.2. The molecule has 23 heavy (non-hydrogen) atoms. The number of phenols is 1. The Morgan fingerprint density at radius 3 is 1.83 bits per heavy atom. The second kappa shape index (κ2) is 13.5. The van der Waals surface area contributed by atoms with Crippen LogP contribution in [0.2, 0.25) is 0 Å². The van der Waals surface area contributed by atoms with E-state index in [2.05, 4.69) is 19.9 Å². The number of aromatic hydroxyl groups is 1. The predicted octanol–water partition coefficient (Wildman–Crippen LogP) is 7.20. The fourth-order valence-corrected chi connectivity index (χ4v) is 3.32. The van der Waals surface area contributed by atoms with E-state index in [1.165, 1.54) is 88.2 Å². The standard InChI is InChI=1S/C22H38O/c1-3-5-7-9-10-11-12-14-18-21-20(16-13-8-6-4-2)17-15-19-22(21)23/h15,17,19,23H,3-14,16,18H2,1-2H3. The van der Waals surface area contributed by atoms with Gasteiger partial charge in [0.05, 0.1) is 0 Å². The van der Waals surface area contributed by atoms with Gasteiger partial charge >= 0.3 is 0 Å². The summed E-state index contributed by atoms with van der Waals surface area (Å²) in [7, 11) is 0. The molecular formula is C22H38O. The molecule has 1 aromatic rings. The number of hydrogen-bond acceptors (Lipinski definition) is 1. The second-order valence-corrected chi connectivity index (χ2v) is 6.95. The minimum absolute atomic E-state index is 0.515. The molecule has 1 N–H and O–H groups in total. The van der Waals surface area contributed by atoms with Crippen molar-refractivity contribution in [1.29, 1.82) is 0 Å². The molecule has 1 aromatic carbocycles. The van der Waals surface area contributed by atoms with Gasteiger partial charge in [0.15, 0.2) is 0 Å². The Labute approximate surface area is 144 Å². The van der Waals surface area contributed by atoms with Gasteiger partial charge in [-0.25, -0.2) is 0 Å². The van der Waals surface area contributed by atoms with Crippen LogP contribution < -0.4 is 0 Å². The third kappa shape index (κ3) is 9.03. The van der Waals surface area contributed by atoms with Gasteiger partial charge in [-0.2, -0.15) is 0 Å². The van der Waals surface area contributed by atoms with Crippen molar-refractivity contribution in [1.82, 2.24) is 0 Å². The highest BCUT2D eigenvalue weighted by molar-refractivity contribution is 5.39. The van der Waals surface area contributed by atoms with Gasteiger partial charge in [0, 0.05) is 0 Å². The Morgan fingerprint density at radius 2 is 1.17 bits per heavy atom. The van der Waals surface area contributed by atoms with E-state index >= 15 is 0 Å². The van der Waals surface area contributed by atoms with E-state index in [9.17, 15) is 5.11 Å². The Kier molecular flexibility index (Phi) is 11.7. The van der Waals surface area contributed by atoms with Crippen LogP contribution in [0.15, 0.2) is 18.2 Å². The van der Waals surface area contributed by atoms with Crippen molar-refractivity contribution in [3.8, 4) is 5.75 Å². The van der Waals surface area contributed by atoms with Crippen LogP contribution in [0.25, 0.3) is 0 Å². The van der Waals surface area contributed by atoms with Gasteiger partial charge < -0.3 is 5.11 Å². The molecule has 0 unspecified atom stereocenters. The van der Waals surface area contributed by atoms with Gasteiger partial charge in [0.2, 0.25) is 0 Å². The molecule has 132 valence electrons. The molecule has 1 heteroatoms. The van der Waals surface area contributed by atoms with Crippen molar-refractivity contribution in [2.24, 2.45) is 0 Å². The number of unbranched alkanes of at least 4 members (excludes halogenated alkanes) is 10. The molecule has 0 aliphatic heterocycles. The van der Waals surface area contributed by atoms with E-state index in [1.807, 2.05) is 12.1 Å². The Balaban J connectivity index is 2.28. The predicted molar refractivity (Wildman–Crippen MR) is 102 cm³/mol. The minimum Gasteiger partial charge on any atom is -0.508 e. The highest BCUT2D eigenvalue weighted by Crippen LogP contribution is 2.25. The maximum Gasteiger partial charge on any atom is 0.119 e. The lowest BCUT2D eigenvalue weighted by molar-refractivity contribution is 0.464. The van der Waals surface area contributed by atoms with Gasteiger partial charge in [-0.05, 0) is 42.9 Å². The minimum atomic E-state index is 0.515. The normalized spacial score (nSPS) is 11.0. The zero-order chi connectivity index (χ0) is 16.8. The zero-order valence-corrected chi connectivity index (χ0v) is 15.6. The summed E-state index contributed by atoms with van der Waals surface area (Å²) in [6.07, 6.45) is 18.1. The van der Waals surface area contributed by atoms with Crippen LogP contribution in [0.4, 0.5) is 0 Å². The smallest absolute Gasteiger partial charge is 0.119 e. The van der Waals surface area contributed by atoms with E-state index in [1.54, 1.807) is 0 Å². The zero-order valence-electron chi connectivity index (χ0n) is 15.6. The SMILES string of the molecule is CCCCCCCCCCc1c(O)cccc1CCCCCC. The first-order valence-corrected chi connectivity index (χ1v) is 10.1. The Morgan fingerprint density at radius 1 is 0.652 bits per heavy atom. The van der Waals surface area contributed by atoms with Crippen LogP contribution in [0.1, 0.15) is 102 Å². The van der Waals surface area contributed by atoms with E-state index in [4.69, 9.17) is 0 Å². The number of benzene rings is 1. The average molecular weight is 319 g/mol. The first kappa shape index (κ1) is 20.1. The largest absolute Gasteiger partial charge is 0.508 e. The molecule has 0 radical (unpaired) electrons. The van der Waals surface area contributed by atoms with Crippen molar-refractivity contribution in [2.45, 2.75) is 104 Å². The molecule has 0 fully saturated rings. The second-order valence-electron chi connectivity index (χ2n) is 6.95. The lowest BCUT2D eigenvalue weighted by Gasteiger charge is -2.11. The Hall–Kier alpha value is -0.980. The van der Waals surface area contributed by atoms with Crippen LogP contribution in [0, 0.1) is 0 Å². The van der Waals surface area contributed by atoms with Crippen molar-refractivity contribution >= 4 is 0 Å². The van der Waals surface area contributed by atoms with Gasteiger partial charge in [0.25, 0.3) is 0 Å². The summed E-state index contributed by atoms with van der Waals surface area (Å²) >= 11 is 0. The third-order valence-corrected chi connectivity index (χ3v) is 4.83. The van der Waals surface area contributed by atoms with Crippen molar-refractivity contribution in [3.63, 3.8) is 0 Å². The third-order valence-electron chi connectivity index (χ3n) is 4.83. The van der Waals surface area contributed by atoms with Crippen molar-refractivity contribution in [2.75, 3.05) is 0 Å². The number of phenolic OH excluding ortho intramolecular Hbond substituents is 1. The van der Waals surface area contributed by atoms with Crippen LogP contribution >= 0.6 is 0 Å². The topological polar surface area (TPSA) is 20.2 Å². The molecule has 1 rings (SSSR count). The van der Waals surface area contributed by atoms with E-state index in [-0.39, 0.29) is 0 Å². The molecule has 0 aliphatic rings. The molecule has 0 amide bonds. The Bertz CT molecular complexity index is 397. The lowest BCUT2D eigenvalue weighted by Crippen LogP contribution is -1.96. The van der Waals surface area contributed by atoms with Gasteiger partial charge in [-0.1, -0.05) is 90.2 Å². The van der Waals surface area contributed by atoms with Gasteiger partial charge in [-0.15, -0.1) is 0 Å². The quantitative estimate of drug-likeness (QED) is 0.360. The van der Waals surface area contributed by atoms with E-state index in [0.29, 0.717) is 5.75 Å². The molecule has 0 aliphatic carbocycles. The average Bonchev–Trinajstić information content (AvgIpc) is 2.56. The van der Waals surface area contributed by atoms with Crippen LogP contribution in [-0.2, 0) is 12.8 Å². The lowest BCUT2D eigenvalue weighted by atomic mass is 9.95. The number of aryl methyl sites for hydroxylation is 1. The summed E-state index contributed by atoms with van der Waals surface area (Å²) in [5.74, 6) is 0.515. The first-order chi connectivity index (χ1) is 11.3. The van der Waals surface area contributed by atoms with Crippen molar-refractivity contribution in [3.05, 3.63) is 29.3 Å². The van der Waals surface area contributed by atoms with E-state index < -0.39 is 0 Å². The molecule has 0 saturated carbocycles. The van der Waals surface area contributed by atoms with Crippen LogP contribution in [0.3, 0.4) is 0 Å². The molecule has 1 nitrogen and oxygen atoms in total. The first-order valence-electron chi connectivity index (χ1n) is 10.1.